The average Bonchev–Trinajstić information content (AvgIpc) is 2.87. The van der Waals surface area contributed by atoms with Crippen LogP contribution in [0.15, 0.2) is 24.3 Å². The third kappa shape index (κ3) is 2.46. The maximum absolute atomic E-state index is 11.7. The molecule has 1 fully saturated rings. The van der Waals surface area contributed by atoms with E-state index in [2.05, 4.69) is 5.32 Å². The molecule has 106 valence electrons. The number of nitrogens with one attached hydrogen (secondary N) is 1. The number of hydrogen-bond donors (Lipinski definition) is 2. The zero-order valence-corrected chi connectivity index (χ0v) is 10.9. The van der Waals surface area contributed by atoms with Gasteiger partial charge in [-0.25, -0.2) is 4.79 Å². The molecule has 2 aliphatic rings. The van der Waals surface area contributed by atoms with E-state index < -0.39 is 12.1 Å². The van der Waals surface area contributed by atoms with Crippen LogP contribution in [0.3, 0.4) is 0 Å². The lowest BCUT2D eigenvalue weighted by molar-refractivity contribution is -0.149. The smallest absolute Gasteiger partial charge is 0.332 e. The van der Waals surface area contributed by atoms with Crippen molar-refractivity contribution in [2.75, 3.05) is 23.3 Å². The van der Waals surface area contributed by atoms with Gasteiger partial charge in [0.05, 0.1) is 24.0 Å². The molecule has 2 atom stereocenters. The fraction of sp³-hybridized carbons (Fsp3) is 0.429. The molecular formula is C14H16N2O4. The molecule has 2 unspecified atom stereocenters. The van der Waals surface area contributed by atoms with Gasteiger partial charge in [0, 0.05) is 6.54 Å². The van der Waals surface area contributed by atoms with Gasteiger partial charge in [-0.15, -0.1) is 0 Å². The van der Waals surface area contributed by atoms with E-state index in [1.807, 2.05) is 29.2 Å². The normalized spacial score (nSPS) is 25.2. The minimum atomic E-state index is -0.913. The average molecular weight is 276 g/mol. The van der Waals surface area contributed by atoms with Crippen LogP contribution in [0.5, 0.6) is 0 Å². The second kappa shape index (κ2) is 5.13. The molecule has 0 aliphatic carbocycles. The summed E-state index contributed by atoms with van der Waals surface area (Å²) in [5.74, 6) is -0.972. The van der Waals surface area contributed by atoms with E-state index in [-0.39, 0.29) is 18.6 Å². The third-order valence-corrected chi connectivity index (χ3v) is 3.66. The Labute approximate surface area is 116 Å². The molecule has 0 spiro atoms. The van der Waals surface area contributed by atoms with Gasteiger partial charge in [-0.3, -0.25) is 4.79 Å². The van der Waals surface area contributed by atoms with Gasteiger partial charge < -0.3 is 20.1 Å². The van der Waals surface area contributed by atoms with Gasteiger partial charge in [0.2, 0.25) is 5.91 Å². The summed E-state index contributed by atoms with van der Waals surface area (Å²) in [5, 5.41) is 11.8. The lowest BCUT2D eigenvalue weighted by Gasteiger charge is -2.32. The fourth-order valence-corrected chi connectivity index (χ4v) is 2.73. The van der Waals surface area contributed by atoms with E-state index >= 15 is 0 Å². The third-order valence-electron chi connectivity index (χ3n) is 3.66. The number of benzene rings is 1. The molecule has 3 rings (SSSR count). The lowest BCUT2D eigenvalue weighted by Crippen LogP contribution is -2.42. The van der Waals surface area contributed by atoms with Crippen molar-refractivity contribution in [3.8, 4) is 0 Å². The van der Waals surface area contributed by atoms with Gasteiger partial charge in [0.1, 0.15) is 0 Å². The first-order valence-electron chi connectivity index (χ1n) is 6.65. The number of carbonyl (C=O) groups excluding carboxylic acids is 1. The van der Waals surface area contributed by atoms with Crippen LogP contribution in [0.2, 0.25) is 0 Å². The zero-order chi connectivity index (χ0) is 14.1. The first-order chi connectivity index (χ1) is 9.63. The summed E-state index contributed by atoms with van der Waals surface area (Å²) in [4.78, 5) is 24.5. The summed E-state index contributed by atoms with van der Waals surface area (Å²) in [6, 6.07) is 7.58. The number of aliphatic carboxylic acids is 1. The maximum atomic E-state index is 11.7. The Morgan fingerprint density at radius 1 is 1.40 bits per heavy atom. The molecule has 1 amide bonds. The molecule has 0 bridgehead atoms. The zero-order valence-electron chi connectivity index (χ0n) is 10.9. The van der Waals surface area contributed by atoms with Crippen molar-refractivity contribution in [1.29, 1.82) is 0 Å². The van der Waals surface area contributed by atoms with Crippen molar-refractivity contribution >= 4 is 23.3 Å². The van der Waals surface area contributed by atoms with Gasteiger partial charge in [-0.1, -0.05) is 12.1 Å². The predicted octanol–water partition coefficient (Wildman–Crippen LogP) is 1.08. The number of ether oxygens (including phenoxy) is 1. The molecule has 2 N–H and O–H groups in total. The van der Waals surface area contributed by atoms with Crippen LogP contribution >= 0.6 is 0 Å². The number of carboxylic acid groups (broad SMARTS) is 1. The fourth-order valence-electron chi connectivity index (χ4n) is 2.73. The number of hydrogen-bond acceptors (Lipinski definition) is 4. The number of fused-ring (bicyclic) bond motifs is 1. The van der Waals surface area contributed by atoms with E-state index in [1.165, 1.54) is 0 Å². The van der Waals surface area contributed by atoms with E-state index in [9.17, 15) is 9.59 Å². The maximum Gasteiger partial charge on any atom is 0.332 e. The Morgan fingerprint density at radius 2 is 2.20 bits per heavy atom. The van der Waals surface area contributed by atoms with Crippen LogP contribution in [-0.2, 0) is 14.3 Å². The van der Waals surface area contributed by atoms with E-state index in [4.69, 9.17) is 9.84 Å². The molecule has 0 saturated carbocycles. The number of anilines is 2. The molecule has 6 heteroatoms. The Hall–Kier alpha value is -2.08. The standard InChI is InChI=1S/C14H16N2O4/c17-13-8-16(11-4-2-1-3-10(11)15-13)7-9-5-6-12(20-9)14(18)19/h1-4,9,12H,5-8H2,(H,15,17)(H,18,19). The van der Waals surface area contributed by atoms with Crippen LogP contribution in [0.4, 0.5) is 11.4 Å². The summed E-state index contributed by atoms with van der Waals surface area (Å²) in [6.45, 7) is 0.808. The van der Waals surface area contributed by atoms with Gasteiger partial charge in [0.25, 0.3) is 0 Å². The Morgan fingerprint density at radius 3 is 2.95 bits per heavy atom. The molecule has 1 saturated heterocycles. The molecule has 1 aromatic rings. The lowest BCUT2D eigenvalue weighted by atomic mass is 10.1. The first-order valence-corrected chi connectivity index (χ1v) is 6.65. The predicted molar refractivity (Wildman–Crippen MR) is 72.8 cm³/mol. The SMILES string of the molecule is O=C1CN(CC2CCC(C(=O)O)O2)c2ccccc2N1. The molecule has 0 radical (unpaired) electrons. The van der Waals surface area contributed by atoms with Gasteiger partial charge >= 0.3 is 5.97 Å². The number of rotatable bonds is 3. The van der Waals surface area contributed by atoms with Gasteiger partial charge in [-0.2, -0.15) is 0 Å². The summed E-state index contributed by atoms with van der Waals surface area (Å²) < 4.78 is 5.50. The molecule has 2 aliphatic heterocycles. The highest BCUT2D eigenvalue weighted by molar-refractivity contribution is 6.01. The monoisotopic (exact) mass is 276 g/mol. The highest BCUT2D eigenvalue weighted by Crippen LogP contribution is 2.30. The van der Waals surface area contributed by atoms with E-state index in [0.29, 0.717) is 19.4 Å². The highest BCUT2D eigenvalue weighted by atomic mass is 16.5. The molecule has 20 heavy (non-hydrogen) atoms. The number of carbonyl (C=O) groups is 2. The number of carboxylic acids is 1. The van der Waals surface area contributed by atoms with Crippen molar-refractivity contribution in [2.45, 2.75) is 25.0 Å². The summed E-state index contributed by atoms with van der Waals surface area (Å²) in [5.41, 5.74) is 1.74. The molecule has 6 nitrogen and oxygen atoms in total. The summed E-state index contributed by atoms with van der Waals surface area (Å²) in [6.07, 6.45) is 0.378. The topological polar surface area (TPSA) is 78.9 Å². The molecule has 1 aromatic carbocycles. The number of amides is 1. The molecule has 0 aromatic heterocycles. The van der Waals surface area contributed by atoms with Crippen LogP contribution in [0, 0.1) is 0 Å². The van der Waals surface area contributed by atoms with Crippen LogP contribution < -0.4 is 10.2 Å². The summed E-state index contributed by atoms with van der Waals surface area (Å²) in [7, 11) is 0. The van der Waals surface area contributed by atoms with Crippen LogP contribution in [0.1, 0.15) is 12.8 Å². The van der Waals surface area contributed by atoms with Gasteiger partial charge in [0.15, 0.2) is 6.10 Å². The Kier molecular flexibility index (Phi) is 3.31. The van der Waals surface area contributed by atoms with Crippen molar-refractivity contribution in [2.24, 2.45) is 0 Å². The van der Waals surface area contributed by atoms with Crippen LogP contribution in [-0.4, -0.2) is 42.3 Å². The van der Waals surface area contributed by atoms with Crippen molar-refractivity contribution in [3.63, 3.8) is 0 Å². The van der Waals surface area contributed by atoms with Gasteiger partial charge in [-0.05, 0) is 25.0 Å². The highest BCUT2D eigenvalue weighted by Gasteiger charge is 2.33. The van der Waals surface area contributed by atoms with E-state index in [1.54, 1.807) is 0 Å². The second-order valence-corrected chi connectivity index (χ2v) is 5.11. The van der Waals surface area contributed by atoms with Crippen molar-refractivity contribution < 1.29 is 19.4 Å². The minimum absolute atomic E-state index is 0.0588. The Bertz CT molecular complexity index is 546. The second-order valence-electron chi connectivity index (χ2n) is 5.11. The minimum Gasteiger partial charge on any atom is -0.479 e. The van der Waals surface area contributed by atoms with E-state index in [0.717, 1.165) is 11.4 Å². The molecule has 2 heterocycles. The quantitative estimate of drug-likeness (QED) is 0.863. The van der Waals surface area contributed by atoms with Crippen LogP contribution in [0.25, 0.3) is 0 Å². The largest absolute Gasteiger partial charge is 0.479 e. The molecular weight excluding hydrogens is 260 g/mol. The first kappa shape index (κ1) is 12.9. The van der Waals surface area contributed by atoms with Crippen molar-refractivity contribution in [3.05, 3.63) is 24.3 Å². The Balaban J connectivity index is 1.72. The summed E-state index contributed by atoms with van der Waals surface area (Å²) >= 11 is 0. The number of para-hydroxylation sites is 2. The number of nitrogens with zero attached hydrogens (tertiary/aromatic N) is 1. The van der Waals surface area contributed by atoms with Crippen molar-refractivity contribution in [1.82, 2.24) is 0 Å².